The van der Waals surface area contributed by atoms with Crippen molar-refractivity contribution in [2.75, 3.05) is 32.7 Å². The Morgan fingerprint density at radius 1 is 1.40 bits per heavy atom. The van der Waals surface area contributed by atoms with Gasteiger partial charge in [0.2, 0.25) is 0 Å². The number of nitrogens with zero attached hydrogens (tertiary/aromatic N) is 2. The lowest BCUT2D eigenvalue weighted by molar-refractivity contribution is 0.187. The Balaban J connectivity index is 1.66. The smallest absolute Gasteiger partial charge is 0.191 e. The topological polar surface area (TPSA) is 39.7 Å². The number of hydrogen-bond donors (Lipinski definition) is 2. The second-order valence-electron chi connectivity index (χ2n) is 4.37. The van der Waals surface area contributed by atoms with Gasteiger partial charge in [-0.15, -0.1) is 0 Å². The highest BCUT2D eigenvalue weighted by atomic mass is 15.2. The van der Waals surface area contributed by atoms with Gasteiger partial charge in [0.1, 0.15) is 0 Å². The molecule has 0 spiro atoms. The average Bonchev–Trinajstić information content (AvgIpc) is 2.93. The van der Waals surface area contributed by atoms with Gasteiger partial charge in [-0.25, -0.2) is 0 Å². The molecule has 15 heavy (non-hydrogen) atoms. The van der Waals surface area contributed by atoms with E-state index in [1.54, 1.807) is 0 Å². The van der Waals surface area contributed by atoms with Crippen LogP contribution in [0.1, 0.15) is 26.2 Å². The molecule has 2 rings (SSSR count). The minimum Gasteiger partial charge on any atom is -0.357 e. The van der Waals surface area contributed by atoms with E-state index < -0.39 is 0 Å². The zero-order valence-electron chi connectivity index (χ0n) is 9.63. The standard InChI is InChI=1S/C11H22N4/c1-2-12-11(14-10-4-5-10)13-6-9-15-7-3-8-15/h10H,2-9H2,1H3,(H2,12,13,14). The summed E-state index contributed by atoms with van der Waals surface area (Å²) in [6.07, 6.45) is 3.97. The normalized spacial score (nSPS) is 22.3. The third-order valence-corrected chi connectivity index (χ3v) is 2.90. The molecule has 2 fully saturated rings. The monoisotopic (exact) mass is 210 g/mol. The van der Waals surface area contributed by atoms with Crippen LogP contribution >= 0.6 is 0 Å². The first-order valence-electron chi connectivity index (χ1n) is 6.15. The summed E-state index contributed by atoms with van der Waals surface area (Å²) >= 11 is 0. The number of guanidine groups is 1. The Kier molecular flexibility index (Phi) is 3.83. The maximum Gasteiger partial charge on any atom is 0.191 e. The Morgan fingerprint density at radius 2 is 2.20 bits per heavy atom. The predicted octanol–water partition coefficient (Wildman–Crippen LogP) is 0.410. The molecule has 0 bridgehead atoms. The number of aliphatic imine (C=N–C) groups is 1. The zero-order chi connectivity index (χ0) is 10.5. The molecular formula is C11H22N4. The van der Waals surface area contributed by atoms with Crippen molar-refractivity contribution in [3.05, 3.63) is 0 Å². The van der Waals surface area contributed by atoms with Crippen LogP contribution in [0.5, 0.6) is 0 Å². The van der Waals surface area contributed by atoms with Gasteiger partial charge in [0.05, 0.1) is 6.54 Å². The summed E-state index contributed by atoms with van der Waals surface area (Å²) in [4.78, 5) is 7.02. The fourth-order valence-electron chi connectivity index (χ4n) is 1.65. The van der Waals surface area contributed by atoms with E-state index in [4.69, 9.17) is 0 Å². The molecule has 1 heterocycles. The van der Waals surface area contributed by atoms with Crippen molar-refractivity contribution in [2.45, 2.75) is 32.2 Å². The lowest BCUT2D eigenvalue weighted by Crippen LogP contribution is -2.41. The van der Waals surface area contributed by atoms with Crippen LogP contribution in [0.4, 0.5) is 0 Å². The van der Waals surface area contributed by atoms with E-state index in [-0.39, 0.29) is 0 Å². The van der Waals surface area contributed by atoms with Crippen molar-refractivity contribution in [1.29, 1.82) is 0 Å². The largest absolute Gasteiger partial charge is 0.357 e. The van der Waals surface area contributed by atoms with Gasteiger partial charge in [-0.1, -0.05) is 0 Å². The fourth-order valence-corrected chi connectivity index (χ4v) is 1.65. The minimum atomic E-state index is 0.687. The van der Waals surface area contributed by atoms with Crippen molar-refractivity contribution < 1.29 is 0 Å². The molecule has 1 saturated carbocycles. The Bertz CT molecular complexity index is 219. The number of rotatable bonds is 5. The highest BCUT2D eigenvalue weighted by Crippen LogP contribution is 2.18. The molecule has 0 aromatic rings. The molecular weight excluding hydrogens is 188 g/mol. The summed E-state index contributed by atoms with van der Waals surface area (Å²) in [6, 6.07) is 0.687. The Hall–Kier alpha value is -0.770. The molecule has 4 nitrogen and oxygen atoms in total. The van der Waals surface area contributed by atoms with E-state index in [9.17, 15) is 0 Å². The van der Waals surface area contributed by atoms with Crippen molar-refractivity contribution in [3.63, 3.8) is 0 Å². The van der Waals surface area contributed by atoms with Crippen molar-refractivity contribution >= 4 is 5.96 Å². The molecule has 86 valence electrons. The van der Waals surface area contributed by atoms with Crippen LogP contribution in [0.15, 0.2) is 4.99 Å². The highest BCUT2D eigenvalue weighted by Gasteiger charge is 2.22. The van der Waals surface area contributed by atoms with Crippen LogP contribution in [0.3, 0.4) is 0 Å². The molecule has 1 saturated heterocycles. The van der Waals surface area contributed by atoms with Gasteiger partial charge >= 0.3 is 0 Å². The van der Waals surface area contributed by atoms with Gasteiger partial charge in [-0.05, 0) is 39.3 Å². The second-order valence-corrected chi connectivity index (χ2v) is 4.37. The molecule has 4 heteroatoms. The molecule has 0 amide bonds. The molecule has 0 atom stereocenters. The predicted molar refractivity (Wildman–Crippen MR) is 63.2 cm³/mol. The first-order chi connectivity index (χ1) is 7.38. The molecule has 1 aliphatic carbocycles. The van der Waals surface area contributed by atoms with Gasteiger partial charge in [0.25, 0.3) is 0 Å². The van der Waals surface area contributed by atoms with Gasteiger partial charge < -0.3 is 15.5 Å². The maximum atomic E-state index is 4.57. The number of nitrogens with one attached hydrogen (secondary N) is 2. The van der Waals surface area contributed by atoms with E-state index in [1.807, 2.05) is 0 Å². The van der Waals surface area contributed by atoms with E-state index in [2.05, 4.69) is 27.4 Å². The molecule has 2 N–H and O–H groups in total. The third kappa shape index (κ3) is 3.70. The van der Waals surface area contributed by atoms with Gasteiger partial charge in [-0.3, -0.25) is 4.99 Å². The van der Waals surface area contributed by atoms with E-state index in [1.165, 1.54) is 32.4 Å². The summed E-state index contributed by atoms with van der Waals surface area (Å²) in [5.74, 6) is 1.00. The summed E-state index contributed by atoms with van der Waals surface area (Å²) in [5, 5.41) is 6.71. The number of likely N-dealkylation sites (tertiary alicyclic amines) is 1. The second kappa shape index (κ2) is 5.35. The summed E-state index contributed by atoms with van der Waals surface area (Å²) in [7, 11) is 0. The van der Waals surface area contributed by atoms with Crippen molar-refractivity contribution in [2.24, 2.45) is 4.99 Å². The molecule has 0 aromatic heterocycles. The minimum absolute atomic E-state index is 0.687. The summed E-state index contributed by atoms with van der Waals surface area (Å²) < 4.78 is 0. The fraction of sp³-hybridized carbons (Fsp3) is 0.909. The lowest BCUT2D eigenvalue weighted by Gasteiger charge is -2.29. The van der Waals surface area contributed by atoms with Crippen LogP contribution in [0.2, 0.25) is 0 Å². The summed E-state index contributed by atoms with van der Waals surface area (Å²) in [5.41, 5.74) is 0. The Morgan fingerprint density at radius 3 is 2.73 bits per heavy atom. The highest BCUT2D eigenvalue weighted by molar-refractivity contribution is 5.80. The lowest BCUT2D eigenvalue weighted by atomic mass is 10.2. The van der Waals surface area contributed by atoms with Crippen molar-refractivity contribution in [1.82, 2.24) is 15.5 Å². The first kappa shape index (κ1) is 10.7. The quantitative estimate of drug-likeness (QED) is 0.510. The molecule has 2 aliphatic rings. The van der Waals surface area contributed by atoms with Crippen molar-refractivity contribution in [3.8, 4) is 0 Å². The maximum absolute atomic E-state index is 4.57. The first-order valence-corrected chi connectivity index (χ1v) is 6.15. The van der Waals surface area contributed by atoms with Gasteiger partial charge in [0, 0.05) is 19.1 Å². The van der Waals surface area contributed by atoms with Crippen LogP contribution in [0, 0.1) is 0 Å². The van der Waals surface area contributed by atoms with E-state index in [0.29, 0.717) is 6.04 Å². The van der Waals surface area contributed by atoms with Crippen LogP contribution in [0.25, 0.3) is 0 Å². The van der Waals surface area contributed by atoms with Gasteiger partial charge in [0.15, 0.2) is 5.96 Å². The van der Waals surface area contributed by atoms with Gasteiger partial charge in [-0.2, -0.15) is 0 Å². The van der Waals surface area contributed by atoms with E-state index >= 15 is 0 Å². The van der Waals surface area contributed by atoms with Crippen LogP contribution in [-0.4, -0.2) is 49.6 Å². The summed E-state index contributed by atoms with van der Waals surface area (Å²) in [6.45, 7) is 7.62. The SMILES string of the molecule is CCNC(=NCCN1CCC1)NC1CC1. The van der Waals surface area contributed by atoms with Crippen LogP contribution < -0.4 is 10.6 Å². The zero-order valence-corrected chi connectivity index (χ0v) is 9.63. The molecule has 0 radical (unpaired) electrons. The molecule has 0 aromatic carbocycles. The Labute approximate surface area is 92.1 Å². The third-order valence-electron chi connectivity index (χ3n) is 2.90. The average molecular weight is 210 g/mol. The van der Waals surface area contributed by atoms with E-state index in [0.717, 1.165) is 25.6 Å². The molecule has 1 aliphatic heterocycles. The van der Waals surface area contributed by atoms with Crippen LogP contribution in [-0.2, 0) is 0 Å². The number of hydrogen-bond acceptors (Lipinski definition) is 2. The molecule has 0 unspecified atom stereocenters.